The first-order chi connectivity index (χ1) is 9.95. The Morgan fingerprint density at radius 3 is 2.71 bits per heavy atom. The topological polar surface area (TPSA) is 81.0 Å². The molecule has 0 fully saturated rings. The van der Waals surface area contributed by atoms with Crippen LogP contribution in [0.1, 0.15) is 36.7 Å². The summed E-state index contributed by atoms with van der Waals surface area (Å²) < 4.78 is 0. The zero-order valence-corrected chi connectivity index (χ0v) is 12.3. The summed E-state index contributed by atoms with van der Waals surface area (Å²) in [6.45, 7) is 6.52. The molecule has 0 amide bonds. The van der Waals surface area contributed by atoms with E-state index in [0.717, 1.165) is 17.0 Å². The molecule has 0 aliphatic heterocycles. The second-order valence-electron chi connectivity index (χ2n) is 5.19. The van der Waals surface area contributed by atoms with E-state index >= 15 is 0 Å². The third-order valence-electron chi connectivity index (χ3n) is 3.04. The SMILES string of the molecule is Cc1cc(C(C)C)nc(NCc2cccc([N+](=O)[O-])c2)n1. The molecule has 0 saturated heterocycles. The maximum absolute atomic E-state index is 10.8. The van der Waals surface area contributed by atoms with Crippen molar-refractivity contribution in [3.8, 4) is 0 Å². The highest BCUT2D eigenvalue weighted by Gasteiger charge is 2.08. The van der Waals surface area contributed by atoms with Crippen LogP contribution in [-0.4, -0.2) is 14.9 Å². The predicted octanol–water partition coefficient (Wildman–Crippen LogP) is 3.43. The maximum atomic E-state index is 10.8. The third kappa shape index (κ3) is 3.98. The summed E-state index contributed by atoms with van der Waals surface area (Å²) in [7, 11) is 0. The van der Waals surface area contributed by atoms with Crippen LogP contribution in [0, 0.1) is 17.0 Å². The van der Waals surface area contributed by atoms with Crippen molar-refractivity contribution in [2.75, 3.05) is 5.32 Å². The molecule has 0 aliphatic carbocycles. The van der Waals surface area contributed by atoms with Gasteiger partial charge in [0.2, 0.25) is 5.95 Å². The molecule has 1 aromatic heterocycles. The van der Waals surface area contributed by atoms with Crippen LogP contribution in [0.3, 0.4) is 0 Å². The normalized spacial score (nSPS) is 10.7. The minimum Gasteiger partial charge on any atom is -0.350 e. The maximum Gasteiger partial charge on any atom is 0.269 e. The van der Waals surface area contributed by atoms with Crippen LogP contribution in [-0.2, 0) is 6.54 Å². The number of nitrogens with one attached hydrogen (secondary N) is 1. The Hall–Kier alpha value is -2.50. The number of nitro benzene ring substituents is 1. The molecule has 110 valence electrons. The number of nitro groups is 1. The van der Waals surface area contributed by atoms with Gasteiger partial charge >= 0.3 is 0 Å². The summed E-state index contributed by atoms with van der Waals surface area (Å²) in [5.74, 6) is 0.871. The number of non-ortho nitro benzene ring substituents is 1. The Kier molecular flexibility index (Phi) is 4.47. The van der Waals surface area contributed by atoms with Gasteiger partial charge in [-0.25, -0.2) is 9.97 Å². The highest BCUT2D eigenvalue weighted by atomic mass is 16.6. The lowest BCUT2D eigenvalue weighted by atomic mass is 10.1. The van der Waals surface area contributed by atoms with E-state index in [-0.39, 0.29) is 5.69 Å². The summed E-state index contributed by atoms with van der Waals surface area (Å²) in [5.41, 5.74) is 2.78. The number of aryl methyl sites for hydroxylation is 1. The minimum absolute atomic E-state index is 0.0855. The summed E-state index contributed by atoms with van der Waals surface area (Å²) in [6.07, 6.45) is 0. The molecule has 0 unspecified atom stereocenters. The molecule has 21 heavy (non-hydrogen) atoms. The standard InChI is InChI=1S/C15H18N4O2/c1-10(2)14-7-11(3)17-15(18-14)16-9-12-5-4-6-13(8-12)19(20)21/h4-8,10H,9H2,1-3H3,(H,16,17,18). The first kappa shape index (κ1) is 14.9. The lowest BCUT2D eigenvalue weighted by Gasteiger charge is -2.10. The Balaban J connectivity index is 2.13. The Morgan fingerprint density at radius 1 is 1.29 bits per heavy atom. The van der Waals surface area contributed by atoms with E-state index in [1.54, 1.807) is 12.1 Å². The van der Waals surface area contributed by atoms with Crippen molar-refractivity contribution in [2.45, 2.75) is 33.2 Å². The number of hydrogen-bond acceptors (Lipinski definition) is 5. The van der Waals surface area contributed by atoms with Gasteiger partial charge in [-0.1, -0.05) is 26.0 Å². The van der Waals surface area contributed by atoms with E-state index in [1.807, 2.05) is 19.1 Å². The molecule has 1 aromatic carbocycles. The van der Waals surface area contributed by atoms with Gasteiger partial charge in [0.25, 0.3) is 5.69 Å². The summed E-state index contributed by atoms with van der Waals surface area (Å²) in [6, 6.07) is 8.49. The van der Waals surface area contributed by atoms with Crippen LogP contribution < -0.4 is 5.32 Å². The molecular weight excluding hydrogens is 268 g/mol. The van der Waals surface area contributed by atoms with Crippen molar-refractivity contribution in [1.29, 1.82) is 0 Å². The van der Waals surface area contributed by atoms with Crippen molar-refractivity contribution in [3.63, 3.8) is 0 Å². The van der Waals surface area contributed by atoms with Gasteiger partial charge in [0.1, 0.15) is 0 Å². The highest BCUT2D eigenvalue weighted by molar-refractivity contribution is 5.37. The first-order valence-corrected chi connectivity index (χ1v) is 6.78. The molecule has 0 saturated carbocycles. The molecule has 0 spiro atoms. The van der Waals surface area contributed by atoms with Gasteiger partial charge in [-0.2, -0.15) is 0 Å². The van der Waals surface area contributed by atoms with E-state index in [9.17, 15) is 10.1 Å². The number of aromatic nitrogens is 2. The van der Waals surface area contributed by atoms with Gasteiger partial charge < -0.3 is 5.32 Å². The molecule has 1 heterocycles. The van der Waals surface area contributed by atoms with Gasteiger partial charge in [-0.3, -0.25) is 10.1 Å². The molecule has 6 heteroatoms. The zero-order valence-electron chi connectivity index (χ0n) is 12.3. The molecule has 0 bridgehead atoms. The number of anilines is 1. The highest BCUT2D eigenvalue weighted by Crippen LogP contribution is 2.16. The lowest BCUT2D eigenvalue weighted by molar-refractivity contribution is -0.384. The van der Waals surface area contributed by atoms with E-state index in [1.165, 1.54) is 6.07 Å². The molecule has 0 atom stereocenters. The fourth-order valence-electron chi connectivity index (χ4n) is 1.93. The molecule has 0 radical (unpaired) electrons. The number of benzene rings is 1. The molecule has 2 aromatic rings. The molecule has 2 rings (SSSR count). The summed E-state index contributed by atoms with van der Waals surface area (Å²) >= 11 is 0. The average Bonchev–Trinajstić information content (AvgIpc) is 2.45. The van der Waals surface area contributed by atoms with E-state index in [2.05, 4.69) is 29.1 Å². The number of nitrogens with zero attached hydrogens (tertiary/aromatic N) is 3. The van der Waals surface area contributed by atoms with Crippen LogP contribution in [0.25, 0.3) is 0 Å². The van der Waals surface area contributed by atoms with Gasteiger partial charge in [0, 0.05) is 30.1 Å². The zero-order chi connectivity index (χ0) is 15.4. The van der Waals surface area contributed by atoms with Crippen LogP contribution in [0.2, 0.25) is 0 Å². The third-order valence-corrected chi connectivity index (χ3v) is 3.04. The predicted molar refractivity (Wildman–Crippen MR) is 81.3 cm³/mol. The van der Waals surface area contributed by atoms with Crippen LogP contribution in [0.4, 0.5) is 11.6 Å². The fraction of sp³-hybridized carbons (Fsp3) is 0.333. The van der Waals surface area contributed by atoms with Gasteiger partial charge in [-0.15, -0.1) is 0 Å². The summed E-state index contributed by atoms with van der Waals surface area (Å²) in [4.78, 5) is 19.1. The van der Waals surface area contributed by atoms with E-state index < -0.39 is 4.92 Å². The lowest BCUT2D eigenvalue weighted by Crippen LogP contribution is -2.07. The average molecular weight is 286 g/mol. The van der Waals surface area contributed by atoms with Crippen molar-refractivity contribution >= 4 is 11.6 Å². The van der Waals surface area contributed by atoms with Crippen molar-refractivity contribution in [1.82, 2.24) is 9.97 Å². The molecule has 6 nitrogen and oxygen atoms in total. The second-order valence-corrected chi connectivity index (χ2v) is 5.19. The van der Waals surface area contributed by atoms with E-state index in [0.29, 0.717) is 18.4 Å². The fourth-order valence-corrected chi connectivity index (χ4v) is 1.93. The number of hydrogen-bond donors (Lipinski definition) is 1. The Bertz CT molecular complexity index is 656. The smallest absolute Gasteiger partial charge is 0.269 e. The molecule has 1 N–H and O–H groups in total. The van der Waals surface area contributed by atoms with Crippen molar-refractivity contribution < 1.29 is 4.92 Å². The monoisotopic (exact) mass is 286 g/mol. The largest absolute Gasteiger partial charge is 0.350 e. The molecule has 0 aliphatic rings. The van der Waals surface area contributed by atoms with Crippen LogP contribution >= 0.6 is 0 Å². The van der Waals surface area contributed by atoms with Crippen molar-refractivity contribution in [2.24, 2.45) is 0 Å². The van der Waals surface area contributed by atoms with Gasteiger partial charge in [0.15, 0.2) is 0 Å². The number of rotatable bonds is 5. The molecular formula is C15H18N4O2. The Labute approximate surface area is 123 Å². The van der Waals surface area contributed by atoms with Crippen molar-refractivity contribution in [3.05, 3.63) is 57.4 Å². The van der Waals surface area contributed by atoms with Crippen LogP contribution in [0.5, 0.6) is 0 Å². The first-order valence-electron chi connectivity index (χ1n) is 6.78. The minimum atomic E-state index is -0.399. The summed E-state index contributed by atoms with van der Waals surface area (Å²) in [5, 5.41) is 13.9. The second kappa shape index (κ2) is 6.30. The van der Waals surface area contributed by atoms with E-state index in [4.69, 9.17) is 0 Å². The quantitative estimate of drug-likeness (QED) is 0.672. The van der Waals surface area contributed by atoms with Gasteiger partial charge in [-0.05, 0) is 24.5 Å². The van der Waals surface area contributed by atoms with Crippen LogP contribution in [0.15, 0.2) is 30.3 Å². The Morgan fingerprint density at radius 2 is 2.05 bits per heavy atom. The van der Waals surface area contributed by atoms with Gasteiger partial charge in [0.05, 0.1) is 4.92 Å².